The Balaban J connectivity index is 1.59. The van der Waals surface area contributed by atoms with Crippen molar-refractivity contribution in [1.82, 2.24) is 19.5 Å². The van der Waals surface area contributed by atoms with Crippen molar-refractivity contribution < 1.29 is 4.42 Å². The summed E-state index contributed by atoms with van der Waals surface area (Å²) in [5, 5.41) is 1.09. The van der Waals surface area contributed by atoms with Gasteiger partial charge in [-0.25, -0.2) is 15.0 Å². The zero-order valence-corrected chi connectivity index (χ0v) is 16.4. The zero-order valence-electron chi connectivity index (χ0n) is 16.4. The highest BCUT2D eigenvalue weighted by atomic mass is 16.3. The molecule has 28 heavy (non-hydrogen) atoms. The lowest BCUT2D eigenvalue weighted by molar-refractivity contribution is 0.391. The summed E-state index contributed by atoms with van der Waals surface area (Å²) < 4.78 is 8.04. The lowest BCUT2D eigenvalue weighted by atomic mass is 10.0. The first-order chi connectivity index (χ1) is 13.7. The zero-order chi connectivity index (χ0) is 18.8. The van der Waals surface area contributed by atoms with Gasteiger partial charge in [0.25, 0.3) is 0 Å². The molecule has 2 aliphatic carbocycles. The summed E-state index contributed by atoms with van der Waals surface area (Å²) in [7, 11) is 0. The summed E-state index contributed by atoms with van der Waals surface area (Å²) in [6, 6.07) is 6.83. The van der Waals surface area contributed by atoms with Crippen molar-refractivity contribution in [2.24, 2.45) is 11.8 Å². The number of furan rings is 1. The predicted octanol–water partition coefficient (Wildman–Crippen LogP) is 5.47. The van der Waals surface area contributed by atoms with E-state index < -0.39 is 0 Å². The van der Waals surface area contributed by atoms with E-state index in [1.807, 2.05) is 6.07 Å². The summed E-state index contributed by atoms with van der Waals surface area (Å²) in [4.78, 5) is 14.5. The molecule has 0 bridgehead atoms. The first-order valence-electron chi connectivity index (χ1n) is 10.4. The average molecular weight is 372 g/mol. The molecule has 0 unspecified atom stereocenters. The number of fused-ring (bicyclic) bond motifs is 2. The van der Waals surface area contributed by atoms with Crippen molar-refractivity contribution in [3.8, 4) is 11.3 Å². The van der Waals surface area contributed by atoms with Crippen LogP contribution in [0.1, 0.15) is 50.0 Å². The fourth-order valence-corrected chi connectivity index (χ4v) is 4.76. The SMILES string of the molecule is CCc1nc2c(-c3cc4ccoc4cc3C)ncnc2n1C(C1CC1)C1CC1. The highest BCUT2D eigenvalue weighted by Gasteiger charge is 2.44. The Labute approximate surface area is 163 Å². The molecule has 2 fully saturated rings. The van der Waals surface area contributed by atoms with E-state index in [4.69, 9.17) is 14.4 Å². The van der Waals surface area contributed by atoms with Crippen LogP contribution in [0.4, 0.5) is 0 Å². The number of hydrogen-bond acceptors (Lipinski definition) is 4. The fraction of sp³-hybridized carbons (Fsp3) is 0.435. The van der Waals surface area contributed by atoms with Gasteiger partial charge in [0.05, 0.1) is 6.26 Å². The normalized spacial score (nSPS) is 17.2. The minimum absolute atomic E-state index is 0.570. The van der Waals surface area contributed by atoms with Gasteiger partial charge in [0.1, 0.15) is 28.9 Å². The molecule has 0 radical (unpaired) electrons. The average Bonchev–Trinajstić information content (AvgIpc) is 3.62. The van der Waals surface area contributed by atoms with E-state index in [0.29, 0.717) is 6.04 Å². The first kappa shape index (κ1) is 16.3. The van der Waals surface area contributed by atoms with Crippen molar-refractivity contribution in [2.75, 3.05) is 0 Å². The molecule has 4 aromatic rings. The smallest absolute Gasteiger partial charge is 0.164 e. The molecule has 142 valence electrons. The van der Waals surface area contributed by atoms with Crippen LogP contribution in [0.2, 0.25) is 0 Å². The summed E-state index contributed by atoms with van der Waals surface area (Å²) in [5.41, 5.74) is 6.06. The van der Waals surface area contributed by atoms with E-state index in [2.05, 4.69) is 35.5 Å². The molecule has 0 atom stereocenters. The van der Waals surface area contributed by atoms with Crippen molar-refractivity contribution in [3.63, 3.8) is 0 Å². The van der Waals surface area contributed by atoms with Gasteiger partial charge in [-0.1, -0.05) is 6.92 Å². The molecule has 5 heteroatoms. The third kappa shape index (κ3) is 2.42. The maximum Gasteiger partial charge on any atom is 0.164 e. The van der Waals surface area contributed by atoms with Gasteiger partial charge in [-0.3, -0.25) is 0 Å². The predicted molar refractivity (Wildman–Crippen MR) is 109 cm³/mol. The van der Waals surface area contributed by atoms with Crippen molar-refractivity contribution in [2.45, 2.75) is 52.0 Å². The second-order valence-electron chi connectivity index (χ2n) is 8.44. The van der Waals surface area contributed by atoms with Gasteiger partial charge in [0.2, 0.25) is 0 Å². The van der Waals surface area contributed by atoms with Crippen LogP contribution in [0.3, 0.4) is 0 Å². The standard InChI is InChI=1S/C23H24N4O/c1-3-19-26-21-20(17-11-16-8-9-28-18(16)10-13(17)2)24-12-25-23(21)27(19)22(14-4-5-14)15-6-7-15/h8-12,14-15,22H,3-7H2,1-2H3. The van der Waals surface area contributed by atoms with Crippen molar-refractivity contribution >= 4 is 22.1 Å². The van der Waals surface area contributed by atoms with E-state index in [0.717, 1.165) is 63.0 Å². The van der Waals surface area contributed by atoms with Crippen molar-refractivity contribution in [3.05, 3.63) is 42.2 Å². The van der Waals surface area contributed by atoms with Crippen LogP contribution in [-0.4, -0.2) is 19.5 Å². The maximum absolute atomic E-state index is 5.56. The molecule has 2 aliphatic rings. The first-order valence-corrected chi connectivity index (χ1v) is 10.4. The number of aromatic nitrogens is 4. The maximum atomic E-state index is 5.56. The molecule has 0 amide bonds. The van der Waals surface area contributed by atoms with Gasteiger partial charge in [0.15, 0.2) is 5.65 Å². The second-order valence-corrected chi connectivity index (χ2v) is 8.44. The van der Waals surface area contributed by atoms with Gasteiger partial charge in [-0.05, 0) is 68.2 Å². The summed E-state index contributed by atoms with van der Waals surface area (Å²) in [6.45, 7) is 4.31. The molecule has 2 saturated carbocycles. The number of nitrogens with zero attached hydrogens (tertiary/aromatic N) is 4. The van der Waals surface area contributed by atoms with Crippen molar-refractivity contribution in [1.29, 1.82) is 0 Å². The molecule has 3 aromatic heterocycles. The van der Waals surface area contributed by atoms with Crippen LogP contribution in [-0.2, 0) is 6.42 Å². The van der Waals surface area contributed by atoms with Crippen LogP contribution < -0.4 is 0 Å². The van der Waals surface area contributed by atoms with E-state index >= 15 is 0 Å². The summed E-state index contributed by atoms with van der Waals surface area (Å²) in [5.74, 6) is 2.76. The fourth-order valence-electron chi connectivity index (χ4n) is 4.76. The topological polar surface area (TPSA) is 56.7 Å². The molecular weight excluding hydrogens is 348 g/mol. The molecule has 0 saturated heterocycles. The number of hydrogen-bond donors (Lipinski definition) is 0. The molecule has 6 rings (SSSR count). The molecular formula is C23H24N4O. The molecule has 0 N–H and O–H groups in total. The van der Waals surface area contributed by atoms with Crippen LogP contribution in [0.5, 0.6) is 0 Å². The van der Waals surface area contributed by atoms with Gasteiger partial charge in [-0.15, -0.1) is 0 Å². The highest BCUT2D eigenvalue weighted by Crippen LogP contribution is 2.53. The Morgan fingerprint density at radius 1 is 1.14 bits per heavy atom. The lowest BCUT2D eigenvalue weighted by Gasteiger charge is -2.20. The number of aryl methyl sites for hydroxylation is 2. The van der Waals surface area contributed by atoms with E-state index in [9.17, 15) is 0 Å². The van der Waals surface area contributed by atoms with Gasteiger partial charge < -0.3 is 8.98 Å². The summed E-state index contributed by atoms with van der Waals surface area (Å²) >= 11 is 0. The van der Waals surface area contributed by atoms with Crippen LogP contribution in [0, 0.1) is 18.8 Å². The van der Waals surface area contributed by atoms with Crippen LogP contribution in [0.25, 0.3) is 33.4 Å². The van der Waals surface area contributed by atoms with E-state index in [1.54, 1.807) is 12.6 Å². The Morgan fingerprint density at radius 3 is 2.64 bits per heavy atom. The number of rotatable bonds is 5. The van der Waals surface area contributed by atoms with E-state index in [-0.39, 0.29) is 0 Å². The Kier molecular flexibility index (Phi) is 3.43. The molecule has 0 spiro atoms. The third-order valence-electron chi connectivity index (χ3n) is 6.43. The van der Waals surface area contributed by atoms with Crippen LogP contribution >= 0.6 is 0 Å². The highest BCUT2D eigenvalue weighted by molar-refractivity contribution is 5.93. The number of imidazole rings is 1. The minimum Gasteiger partial charge on any atom is -0.464 e. The second kappa shape index (κ2) is 5.90. The Hall–Kier alpha value is -2.69. The Morgan fingerprint density at radius 2 is 1.93 bits per heavy atom. The van der Waals surface area contributed by atoms with E-state index in [1.165, 1.54) is 25.7 Å². The van der Waals surface area contributed by atoms with Gasteiger partial charge >= 0.3 is 0 Å². The monoisotopic (exact) mass is 372 g/mol. The molecule has 5 nitrogen and oxygen atoms in total. The molecule has 0 aliphatic heterocycles. The molecule has 1 aromatic carbocycles. The molecule has 3 heterocycles. The largest absolute Gasteiger partial charge is 0.464 e. The Bertz CT molecular complexity index is 1180. The quantitative estimate of drug-likeness (QED) is 0.466. The lowest BCUT2D eigenvalue weighted by Crippen LogP contribution is -2.16. The van der Waals surface area contributed by atoms with Crippen LogP contribution in [0.15, 0.2) is 35.2 Å². The summed E-state index contributed by atoms with van der Waals surface area (Å²) in [6.07, 6.45) is 9.76. The third-order valence-corrected chi connectivity index (χ3v) is 6.43. The number of benzene rings is 1. The van der Waals surface area contributed by atoms with Gasteiger partial charge in [0, 0.05) is 23.4 Å². The van der Waals surface area contributed by atoms with Gasteiger partial charge in [-0.2, -0.15) is 0 Å². The minimum atomic E-state index is 0.570.